The van der Waals surface area contributed by atoms with Crippen molar-refractivity contribution >= 4 is 62.1 Å². The molecule has 1 aliphatic rings. The van der Waals surface area contributed by atoms with Crippen molar-refractivity contribution in [2.45, 2.75) is 20.5 Å². The van der Waals surface area contributed by atoms with Gasteiger partial charge in [-0.25, -0.2) is 4.99 Å². The molecule has 0 spiro atoms. The molecule has 174 valence electrons. The Labute approximate surface area is 216 Å². The van der Waals surface area contributed by atoms with Crippen LogP contribution in [0.4, 0.5) is 5.69 Å². The number of thioether (sulfide) groups is 1. The summed E-state index contributed by atoms with van der Waals surface area (Å²) in [5.41, 5.74) is 3.79. The van der Waals surface area contributed by atoms with E-state index in [4.69, 9.17) is 21.1 Å². The Morgan fingerprint density at radius 1 is 1.09 bits per heavy atom. The van der Waals surface area contributed by atoms with Crippen LogP contribution in [0.25, 0.3) is 6.08 Å². The summed E-state index contributed by atoms with van der Waals surface area (Å²) in [7, 11) is 0. The molecule has 1 fully saturated rings. The molecule has 0 bridgehead atoms. The molecule has 1 heterocycles. The predicted molar refractivity (Wildman–Crippen MR) is 143 cm³/mol. The molecule has 1 amide bonds. The van der Waals surface area contributed by atoms with Gasteiger partial charge in [0.15, 0.2) is 16.7 Å². The van der Waals surface area contributed by atoms with E-state index in [1.54, 1.807) is 30.3 Å². The molecule has 1 aliphatic heterocycles. The van der Waals surface area contributed by atoms with Gasteiger partial charge in [-0.3, -0.25) is 4.79 Å². The van der Waals surface area contributed by atoms with Crippen molar-refractivity contribution < 1.29 is 14.3 Å². The zero-order chi connectivity index (χ0) is 24.1. The van der Waals surface area contributed by atoms with Gasteiger partial charge in [-0.1, -0.05) is 41.4 Å². The van der Waals surface area contributed by atoms with E-state index in [0.717, 1.165) is 15.6 Å². The largest absolute Gasteiger partial charge is 0.490 e. The third-order valence-corrected chi connectivity index (χ3v) is 6.59. The Kier molecular flexibility index (Phi) is 7.98. The number of hydrogen-bond acceptors (Lipinski definition) is 5. The maximum absolute atomic E-state index is 12.5. The summed E-state index contributed by atoms with van der Waals surface area (Å²) >= 11 is 10.8. The first kappa shape index (κ1) is 24.4. The topological polar surface area (TPSA) is 59.9 Å². The molecular weight excluding hydrogens is 536 g/mol. The third-order valence-electron chi connectivity index (χ3n) is 4.84. The van der Waals surface area contributed by atoms with E-state index in [9.17, 15) is 4.79 Å². The fraction of sp³-hybridized carbons (Fsp3) is 0.154. The lowest BCUT2D eigenvalue weighted by Gasteiger charge is -2.15. The number of nitrogens with one attached hydrogen (secondary N) is 1. The van der Waals surface area contributed by atoms with Crippen molar-refractivity contribution in [3.05, 3.63) is 91.8 Å². The van der Waals surface area contributed by atoms with Crippen LogP contribution in [0.15, 0.2) is 75.0 Å². The molecule has 1 N–H and O–H groups in total. The fourth-order valence-electron chi connectivity index (χ4n) is 3.18. The van der Waals surface area contributed by atoms with Crippen molar-refractivity contribution in [2.75, 3.05) is 6.61 Å². The van der Waals surface area contributed by atoms with E-state index in [1.165, 1.54) is 17.3 Å². The average molecular weight is 558 g/mol. The van der Waals surface area contributed by atoms with Gasteiger partial charge < -0.3 is 14.8 Å². The molecule has 5 nitrogen and oxygen atoms in total. The minimum absolute atomic E-state index is 0.202. The Balaban J connectivity index is 1.54. The summed E-state index contributed by atoms with van der Waals surface area (Å²) in [5.74, 6) is 1.03. The number of amides is 1. The van der Waals surface area contributed by atoms with Crippen molar-refractivity contribution in [3.63, 3.8) is 0 Å². The van der Waals surface area contributed by atoms with Crippen LogP contribution in [0.1, 0.15) is 23.6 Å². The Bertz CT molecular complexity index is 1260. The molecule has 0 radical (unpaired) electrons. The van der Waals surface area contributed by atoms with Crippen molar-refractivity contribution in [1.82, 2.24) is 5.32 Å². The second kappa shape index (κ2) is 11.1. The highest BCUT2D eigenvalue weighted by Crippen LogP contribution is 2.39. The van der Waals surface area contributed by atoms with Gasteiger partial charge in [0.25, 0.3) is 5.91 Å². The number of benzene rings is 3. The first-order chi connectivity index (χ1) is 16.4. The Morgan fingerprint density at radius 2 is 1.82 bits per heavy atom. The van der Waals surface area contributed by atoms with Crippen LogP contribution < -0.4 is 14.8 Å². The van der Waals surface area contributed by atoms with Gasteiger partial charge in [-0.15, -0.1) is 0 Å². The summed E-state index contributed by atoms with van der Waals surface area (Å²) in [6.07, 6.45) is 1.81. The summed E-state index contributed by atoms with van der Waals surface area (Å²) in [5, 5.41) is 3.95. The SMILES string of the molecule is CCOc1cc(/C=C2\SC(=Nc3ccc(Cl)cc3)NC2=O)cc(Br)c1OCc1ccc(C)cc1. The molecule has 8 heteroatoms. The number of ether oxygens (including phenoxy) is 2. The number of amidine groups is 1. The molecular formula is C26H22BrClN2O3S. The van der Waals surface area contributed by atoms with Crippen LogP contribution in [-0.2, 0) is 11.4 Å². The highest BCUT2D eigenvalue weighted by atomic mass is 79.9. The minimum atomic E-state index is -0.202. The minimum Gasteiger partial charge on any atom is -0.490 e. The van der Waals surface area contributed by atoms with Crippen LogP contribution in [0.2, 0.25) is 5.02 Å². The summed E-state index contributed by atoms with van der Waals surface area (Å²) in [4.78, 5) is 17.5. The van der Waals surface area contributed by atoms with Gasteiger partial charge >= 0.3 is 0 Å². The maximum Gasteiger partial charge on any atom is 0.264 e. The highest BCUT2D eigenvalue weighted by Gasteiger charge is 2.24. The number of aliphatic imine (C=N–C) groups is 1. The van der Waals surface area contributed by atoms with Crippen molar-refractivity contribution in [2.24, 2.45) is 4.99 Å². The Hall–Kier alpha value is -2.74. The molecule has 0 saturated carbocycles. The monoisotopic (exact) mass is 556 g/mol. The molecule has 0 aromatic heterocycles. The quantitative estimate of drug-likeness (QED) is 0.310. The lowest BCUT2D eigenvalue weighted by molar-refractivity contribution is -0.115. The van der Waals surface area contributed by atoms with Gasteiger partial charge in [0.1, 0.15) is 6.61 Å². The van der Waals surface area contributed by atoms with Gasteiger partial charge in [0.05, 0.1) is 21.7 Å². The normalized spacial score (nSPS) is 15.6. The second-order valence-corrected chi connectivity index (χ2v) is 9.82. The zero-order valence-electron chi connectivity index (χ0n) is 18.6. The third kappa shape index (κ3) is 6.23. The highest BCUT2D eigenvalue weighted by molar-refractivity contribution is 9.10. The zero-order valence-corrected chi connectivity index (χ0v) is 21.8. The van der Waals surface area contributed by atoms with Crippen molar-refractivity contribution in [3.8, 4) is 11.5 Å². The fourth-order valence-corrected chi connectivity index (χ4v) is 4.72. The first-order valence-electron chi connectivity index (χ1n) is 10.6. The van der Waals surface area contributed by atoms with E-state index in [1.807, 2.05) is 31.2 Å². The predicted octanol–water partition coefficient (Wildman–Crippen LogP) is 7.28. The first-order valence-corrected chi connectivity index (χ1v) is 12.6. The van der Waals surface area contributed by atoms with Crippen LogP contribution in [0, 0.1) is 6.92 Å². The Morgan fingerprint density at radius 3 is 2.53 bits per heavy atom. The van der Waals surface area contributed by atoms with E-state index >= 15 is 0 Å². The van der Waals surface area contributed by atoms with Gasteiger partial charge in [0, 0.05) is 5.02 Å². The van der Waals surface area contributed by atoms with Crippen molar-refractivity contribution in [1.29, 1.82) is 0 Å². The number of carbonyl (C=O) groups excluding carboxylic acids is 1. The number of hydrogen-bond donors (Lipinski definition) is 1. The van der Waals surface area contributed by atoms with Gasteiger partial charge in [-0.2, -0.15) is 0 Å². The number of nitrogens with zero attached hydrogens (tertiary/aromatic N) is 1. The van der Waals surface area contributed by atoms with E-state index in [0.29, 0.717) is 45.5 Å². The maximum atomic E-state index is 12.5. The molecule has 4 rings (SSSR count). The number of aryl methyl sites for hydroxylation is 1. The molecule has 3 aromatic carbocycles. The molecule has 0 unspecified atom stereocenters. The molecule has 1 saturated heterocycles. The summed E-state index contributed by atoms with van der Waals surface area (Å²) in [6.45, 7) is 4.88. The smallest absolute Gasteiger partial charge is 0.264 e. The molecule has 34 heavy (non-hydrogen) atoms. The number of rotatable bonds is 7. The average Bonchev–Trinajstić information content (AvgIpc) is 3.14. The molecule has 0 aliphatic carbocycles. The second-order valence-electron chi connectivity index (χ2n) is 7.50. The van der Waals surface area contributed by atoms with Crippen LogP contribution in [0.5, 0.6) is 11.5 Å². The summed E-state index contributed by atoms with van der Waals surface area (Å²) in [6, 6.07) is 19.1. The van der Waals surface area contributed by atoms with Crippen LogP contribution in [-0.4, -0.2) is 17.7 Å². The van der Waals surface area contributed by atoms with Crippen LogP contribution >= 0.6 is 39.3 Å². The lowest BCUT2D eigenvalue weighted by atomic mass is 10.1. The molecule has 0 atom stereocenters. The van der Waals surface area contributed by atoms with E-state index < -0.39 is 0 Å². The van der Waals surface area contributed by atoms with E-state index in [2.05, 4.69) is 45.3 Å². The number of halogens is 2. The molecule has 3 aromatic rings. The standard InChI is InChI=1S/C26H22BrClN2O3S/c1-3-32-22-13-18(12-21(27)24(22)33-15-17-6-4-16(2)5-7-17)14-23-25(31)30-26(34-23)29-20-10-8-19(28)9-11-20/h4-14H,3,15H2,1-2H3,(H,29,30,31)/b23-14-. The number of carbonyl (C=O) groups is 1. The summed E-state index contributed by atoms with van der Waals surface area (Å²) < 4.78 is 12.7. The van der Waals surface area contributed by atoms with Gasteiger partial charge in [0.2, 0.25) is 0 Å². The van der Waals surface area contributed by atoms with Crippen LogP contribution in [0.3, 0.4) is 0 Å². The van der Waals surface area contributed by atoms with Gasteiger partial charge in [-0.05, 0) is 95.1 Å². The lowest BCUT2D eigenvalue weighted by Crippen LogP contribution is -2.19. The van der Waals surface area contributed by atoms with E-state index in [-0.39, 0.29) is 5.91 Å².